The maximum absolute atomic E-state index is 11.9. The smallest absolute Gasteiger partial charge is 0.250 e. The van der Waals surface area contributed by atoms with Crippen molar-refractivity contribution in [3.05, 3.63) is 51.8 Å². The van der Waals surface area contributed by atoms with Gasteiger partial charge in [-0.25, -0.2) is 15.4 Å². The zero-order valence-corrected chi connectivity index (χ0v) is 15.5. The average molecular weight is 342 g/mol. The molecule has 0 aliphatic rings. The normalized spacial score (nSPS) is 11.0. The van der Waals surface area contributed by atoms with Crippen molar-refractivity contribution in [2.45, 2.75) is 39.8 Å². The summed E-state index contributed by atoms with van der Waals surface area (Å²) in [6.45, 7) is 10.0. The van der Waals surface area contributed by atoms with Crippen LogP contribution in [0.25, 0.3) is 0 Å². The fourth-order valence-electron chi connectivity index (χ4n) is 2.21. The van der Waals surface area contributed by atoms with Crippen molar-refractivity contribution >= 4 is 23.9 Å². The number of thioether (sulfide) groups is 1. The summed E-state index contributed by atoms with van der Waals surface area (Å²) in [5.41, 5.74) is 9.01. The second kappa shape index (κ2) is 8.06. The van der Waals surface area contributed by atoms with Crippen LogP contribution in [0.3, 0.4) is 0 Å². The van der Waals surface area contributed by atoms with Crippen LogP contribution in [-0.2, 0) is 4.79 Å². The Morgan fingerprint density at radius 3 is 2.46 bits per heavy atom. The molecule has 0 saturated heterocycles. The van der Waals surface area contributed by atoms with Crippen LogP contribution in [0.1, 0.15) is 33.6 Å². The van der Waals surface area contributed by atoms with Crippen molar-refractivity contribution in [3.8, 4) is 0 Å². The highest BCUT2D eigenvalue weighted by atomic mass is 32.2. The Bertz CT molecular complexity index is 767. The number of hydrogen-bond donors (Lipinski definition) is 1. The molecule has 126 valence electrons. The van der Waals surface area contributed by atoms with Crippen LogP contribution in [0.4, 0.5) is 0 Å². The van der Waals surface area contributed by atoms with E-state index in [0.717, 1.165) is 17.0 Å². The first-order valence-electron chi connectivity index (χ1n) is 7.70. The molecule has 2 rings (SSSR count). The minimum atomic E-state index is -0.180. The van der Waals surface area contributed by atoms with E-state index in [2.05, 4.69) is 47.3 Å². The number of aromatic nitrogens is 2. The molecule has 1 amide bonds. The molecule has 0 bridgehead atoms. The van der Waals surface area contributed by atoms with Crippen LogP contribution in [0.2, 0.25) is 0 Å². The number of carbonyl (C=O) groups is 1. The number of hydrazone groups is 1. The van der Waals surface area contributed by atoms with Crippen LogP contribution in [0.15, 0.2) is 28.5 Å². The van der Waals surface area contributed by atoms with E-state index in [-0.39, 0.29) is 11.7 Å². The lowest BCUT2D eigenvalue weighted by molar-refractivity contribution is -0.118. The number of aryl methyl sites for hydroxylation is 3. The van der Waals surface area contributed by atoms with Crippen molar-refractivity contribution in [3.63, 3.8) is 0 Å². The van der Waals surface area contributed by atoms with E-state index < -0.39 is 0 Å². The average Bonchev–Trinajstić information content (AvgIpc) is 2.52. The second-order valence-electron chi connectivity index (χ2n) is 5.74. The molecular formula is C18H22N4OS. The predicted octanol–water partition coefficient (Wildman–Crippen LogP) is 3.26. The molecule has 0 atom stereocenters. The Morgan fingerprint density at radius 1 is 1.12 bits per heavy atom. The van der Waals surface area contributed by atoms with E-state index in [9.17, 15) is 4.79 Å². The van der Waals surface area contributed by atoms with E-state index in [0.29, 0.717) is 5.16 Å². The maximum Gasteiger partial charge on any atom is 0.250 e. The van der Waals surface area contributed by atoms with Gasteiger partial charge in [-0.1, -0.05) is 23.9 Å². The molecule has 0 aliphatic carbocycles. The van der Waals surface area contributed by atoms with Crippen LogP contribution < -0.4 is 5.43 Å². The lowest BCUT2D eigenvalue weighted by Gasteiger charge is -2.07. The predicted molar refractivity (Wildman–Crippen MR) is 98.6 cm³/mol. The van der Waals surface area contributed by atoms with Crippen molar-refractivity contribution in [2.75, 3.05) is 5.75 Å². The number of hydrogen-bond acceptors (Lipinski definition) is 5. The zero-order chi connectivity index (χ0) is 17.7. The summed E-state index contributed by atoms with van der Waals surface area (Å²) in [7, 11) is 0. The van der Waals surface area contributed by atoms with Gasteiger partial charge in [0.25, 0.3) is 5.91 Å². The topological polar surface area (TPSA) is 67.2 Å². The van der Waals surface area contributed by atoms with Gasteiger partial charge in [0.15, 0.2) is 5.16 Å². The number of nitrogens with zero attached hydrogens (tertiary/aromatic N) is 3. The highest BCUT2D eigenvalue weighted by molar-refractivity contribution is 7.99. The van der Waals surface area contributed by atoms with Gasteiger partial charge in [0.1, 0.15) is 0 Å². The molecule has 0 fully saturated rings. The van der Waals surface area contributed by atoms with Gasteiger partial charge in [0.05, 0.1) is 12.0 Å². The Balaban J connectivity index is 1.90. The first-order chi connectivity index (χ1) is 11.4. The first-order valence-corrected chi connectivity index (χ1v) is 8.69. The summed E-state index contributed by atoms with van der Waals surface area (Å²) in [6.07, 6.45) is 1.68. The van der Waals surface area contributed by atoms with Crippen LogP contribution >= 0.6 is 11.8 Å². The standard InChI is InChI=1S/C18H22N4OS/c1-11-6-7-16(15(5)14(11)4)9-19-22-17(23)10-24-18-20-12(2)8-13(3)21-18/h6-9H,10H2,1-5H3,(H,22,23)/b19-9-. The van der Waals surface area contributed by atoms with Gasteiger partial charge in [-0.15, -0.1) is 0 Å². The first kappa shape index (κ1) is 18.1. The van der Waals surface area contributed by atoms with E-state index in [1.165, 1.54) is 28.5 Å². The Hall–Kier alpha value is -2.21. The summed E-state index contributed by atoms with van der Waals surface area (Å²) in [4.78, 5) is 20.5. The second-order valence-corrected chi connectivity index (χ2v) is 6.68. The third kappa shape index (κ3) is 4.89. The SMILES string of the molecule is Cc1cc(C)nc(SCC(=O)N/N=C\c2ccc(C)c(C)c2C)n1. The van der Waals surface area contributed by atoms with Gasteiger partial charge in [0.2, 0.25) is 0 Å². The van der Waals surface area contributed by atoms with Gasteiger partial charge < -0.3 is 0 Å². The van der Waals surface area contributed by atoms with Crippen LogP contribution in [0.5, 0.6) is 0 Å². The lowest BCUT2D eigenvalue weighted by Crippen LogP contribution is -2.20. The highest BCUT2D eigenvalue weighted by Crippen LogP contribution is 2.15. The Morgan fingerprint density at radius 2 is 1.79 bits per heavy atom. The molecule has 0 radical (unpaired) electrons. The minimum Gasteiger partial charge on any atom is -0.272 e. The van der Waals surface area contributed by atoms with Gasteiger partial charge in [-0.2, -0.15) is 5.10 Å². The molecular weight excluding hydrogens is 320 g/mol. The van der Waals surface area contributed by atoms with Crippen molar-refractivity contribution in [1.82, 2.24) is 15.4 Å². The third-order valence-corrected chi connectivity index (χ3v) is 4.63. The molecule has 1 aromatic carbocycles. The number of benzene rings is 1. The van der Waals surface area contributed by atoms with Crippen LogP contribution in [-0.4, -0.2) is 27.8 Å². The molecule has 2 aromatic rings. The third-order valence-electron chi connectivity index (χ3n) is 3.79. The summed E-state index contributed by atoms with van der Waals surface area (Å²) >= 11 is 1.30. The summed E-state index contributed by atoms with van der Waals surface area (Å²) in [6, 6.07) is 5.96. The summed E-state index contributed by atoms with van der Waals surface area (Å²) in [5, 5.41) is 4.65. The molecule has 1 heterocycles. The van der Waals surface area contributed by atoms with E-state index in [1.807, 2.05) is 26.0 Å². The van der Waals surface area contributed by atoms with E-state index >= 15 is 0 Å². The number of rotatable bonds is 5. The maximum atomic E-state index is 11.9. The van der Waals surface area contributed by atoms with Gasteiger partial charge in [0, 0.05) is 11.4 Å². The minimum absolute atomic E-state index is 0.180. The van der Waals surface area contributed by atoms with Crippen LogP contribution in [0, 0.1) is 34.6 Å². The Labute approximate surface area is 147 Å². The summed E-state index contributed by atoms with van der Waals surface area (Å²) in [5.74, 6) is 0.0482. The number of carbonyl (C=O) groups excluding carboxylic acids is 1. The van der Waals surface area contributed by atoms with Gasteiger partial charge >= 0.3 is 0 Å². The Kier molecular flexibility index (Phi) is 6.09. The molecule has 0 unspecified atom stereocenters. The molecule has 0 aliphatic heterocycles. The number of amides is 1. The van der Waals surface area contributed by atoms with E-state index in [1.54, 1.807) is 6.21 Å². The monoisotopic (exact) mass is 342 g/mol. The highest BCUT2D eigenvalue weighted by Gasteiger charge is 2.06. The van der Waals surface area contributed by atoms with Gasteiger partial charge in [-0.05, 0) is 62.9 Å². The quantitative estimate of drug-likeness (QED) is 0.392. The molecule has 1 N–H and O–H groups in total. The molecule has 6 heteroatoms. The molecule has 0 spiro atoms. The largest absolute Gasteiger partial charge is 0.272 e. The molecule has 5 nitrogen and oxygen atoms in total. The molecule has 24 heavy (non-hydrogen) atoms. The van der Waals surface area contributed by atoms with Crippen molar-refractivity contribution < 1.29 is 4.79 Å². The van der Waals surface area contributed by atoms with E-state index in [4.69, 9.17) is 0 Å². The van der Waals surface area contributed by atoms with Crippen molar-refractivity contribution in [1.29, 1.82) is 0 Å². The van der Waals surface area contributed by atoms with Crippen molar-refractivity contribution in [2.24, 2.45) is 5.10 Å². The molecule has 1 aromatic heterocycles. The fraction of sp³-hybridized carbons (Fsp3) is 0.333. The zero-order valence-electron chi connectivity index (χ0n) is 14.7. The summed E-state index contributed by atoms with van der Waals surface area (Å²) < 4.78 is 0. The fourth-order valence-corrected chi connectivity index (χ4v) is 2.95. The van der Waals surface area contributed by atoms with Gasteiger partial charge in [-0.3, -0.25) is 4.79 Å². The molecule has 0 saturated carbocycles. The lowest BCUT2D eigenvalue weighted by atomic mass is 10.00. The number of nitrogens with one attached hydrogen (secondary N) is 1.